The summed E-state index contributed by atoms with van der Waals surface area (Å²) < 4.78 is 12.4. The average Bonchev–Trinajstić information content (AvgIpc) is 2.87. The molecular formula is C26H18Cl2IN3O7. The number of carbonyl (C=O) groups is 3. The van der Waals surface area contributed by atoms with Crippen LogP contribution in [0.5, 0.6) is 11.5 Å². The van der Waals surface area contributed by atoms with Crippen molar-refractivity contribution in [3.8, 4) is 11.5 Å². The highest BCUT2D eigenvalue weighted by atomic mass is 127. The predicted molar refractivity (Wildman–Crippen MR) is 153 cm³/mol. The minimum Gasteiger partial charge on any atom is -0.490 e. The third-order valence-corrected chi connectivity index (χ3v) is 6.82. The number of nitro groups is 1. The summed E-state index contributed by atoms with van der Waals surface area (Å²) >= 11 is 14.3. The highest BCUT2D eigenvalue weighted by molar-refractivity contribution is 14.1. The summed E-state index contributed by atoms with van der Waals surface area (Å²) in [4.78, 5) is 49.5. The van der Waals surface area contributed by atoms with Gasteiger partial charge >= 0.3 is 6.03 Å². The number of hydrogen-bond donors (Lipinski definition) is 1. The summed E-state index contributed by atoms with van der Waals surface area (Å²) in [5, 5.41) is 14.2. The minimum absolute atomic E-state index is 0.0562. The molecule has 4 amide bonds. The molecular weight excluding hydrogens is 664 g/mol. The van der Waals surface area contributed by atoms with Crippen LogP contribution in [0, 0.1) is 13.7 Å². The standard InChI is InChI=1S/C26H18Cl2IN3O7/c1-2-38-22-10-14(9-21(29)23(22)39-13-15-6-7-16(27)11-20(15)28)8-19-24(33)30-26(35)31(25(19)34)17-4-3-5-18(12-17)32(36)37/h3-12H,2,13H2,1H3,(H,30,33,35)/b19-8+. The number of nitrogens with one attached hydrogen (secondary N) is 1. The number of anilines is 1. The number of benzene rings is 3. The summed E-state index contributed by atoms with van der Waals surface area (Å²) in [6.07, 6.45) is 1.30. The van der Waals surface area contributed by atoms with Gasteiger partial charge in [0, 0.05) is 27.7 Å². The monoisotopic (exact) mass is 681 g/mol. The molecule has 0 radical (unpaired) electrons. The molecule has 0 bridgehead atoms. The number of nitro benzene ring substituents is 1. The number of ether oxygens (including phenoxy) is 2. The largest absolute Gasteiger partial charge is 0.490 e. The molecule has 0 aliphatic carbocycles. The van der Waals surface area contributed by atoms with Gasteiger partial charge in [-0.15, -0.1) is 0 Å². The third-order valence-electron chi connectivity index (χ3n) is 5.43. The Labute approximate surface area is 245 Å². The van der Waals surface area contributed by atoms with Crippen molar-refractivity contribution in [1.29, 1.82) is 0 Å². The molecule has 3 aromatic carbocycles. The first kappa shape index (κ1) is 28.3. The molecule has 39 heavy (non-hydrogen) atoms. The quantitative estimate of drug-likeness (QED) is 0.0993. The first-order chi connectivity index (χ1) is 18.6. The van der Waals surface area contributed by atoms with Crippen molar-refractivity contribution in [3.63, 3.8) is 0 Å². The van der Waals surface area contributed by atoms with E-state index in [2.05, 4.69) is 5.32 Å². The van der Waals surface area contributed by atoms with Gasteiger partial charge in [-0.05, 0) is 71.5 Å². The zero-order chi connectivity index (χ0) is 28.3. The molecule has 0 aromatic heterocycles. The molecule has 0 saturated carbocycles. The Morgan fingerprint density at radius 2 is 1.85 bits per heavy atom. The van der Waals surface area contributed by atoms with Gasteiger partial charge in [-0.2, -0.15) is 0 Å². The highest BCUT2D eigenvalue weighted by Gasteiger charge is 2.37. The van der Waals surface area contributed by atoms with Crippen molar-refractivity contribution in [3.05, 3.63) is 95.0 Å². The van der Waals surface area contributed by atoms with E-state index in [9.17, 15) is 24.5 Å². The van der Waals surface area contributed by atoms with E-state index in [0.717, 1.165) is 6.07 Å². The number of non-ortho nitro benzene ring substituents is 1. The molecule has 1 saturated heterocycles. The molecule has 10 nitrogen and oxygen atoms in total. The van der Waals surface area contributed by atoms with E-state index in [1.54, 1.807) is 37.3 Å². The molecule has 1 N–H and O–H groups in total. The topological polar surface area (TPSA) is 128 Å². The second kappa shape index (κ2) is 12.0. The Balaban J connectivity index is 1.67. The van der Waals surface area contributed by atoms with E-state index in [4.69, 9.17) is 32.7 Å². The molecule has 4 rings (SSSR count). The van der Waals surface area contributed by atoms with E-state index < -0.39 is 22.8 Å². The Hall–Kier alpha value is -3.68. The molecule has 1 heterocycles. The van der Waals surface area contributed by atoms with Crippen molar-refractivity contribution >= 4 is 81.1 Å². The number of imide groups is 2. The molecule has 200 valence electrons. The Morgan fingerprint density at radius 3 is 2.54 bits per heavy atom. The van der Waals surface area contributed by atoms with Crippen LogP contribution in [0.15, 0.2) is 60.2 Å². The SMILES string of the molecule is CCOc1cc(/C=C2\C(=O)NC(=O)N(c3cccc([N+](=O)[O-])c3)C2=O)cc(I)c1OCc1ccc(Cl)cc1Cl. The molecule has 1 fully saturated rings. The summed E-state index contributed by atoms with van der Waals surface area (Å²) in [5.74, 6) is -1.05. The normalized spacial score (nSPS) is 14.4. The molecule has 1 aliphatic rings. The van der Waals surface area contributed by atoms with Crippen LogP contribution in [0.2, 0.25) is 10.0 Å². The lowest BCUT2D eigenvalue weighted by molar-refractivity contribution is -0.384. The van der Waals surface area contributed by atoms with Gasteiger partial charge in [0.05, 0.1) is 20.8 Å². The Bertz CT molecular complexity index is 1540. The first-order valence-electron chi connectivity index (χ1n) is 11.3. The van der Waals surface area contributed by atoms with Crippen LogP contribution in [0.1, 0.15) is 18.1 Å². The van der Waals surface area contributed by atoms with Crippen molar-refractivity contribution in [1.82, 2.24) is 5.32 Å². The van der Waals surface area contributed by atoms with Crippen LogP contribution in [0.25, 0.3) is 6.08 Å². The van der Waals surface area contributed by atoms with E-state index in [1.807, 2.05) is 22.6 Å². The zero-order valence-corrected chi connectivity index (χ0v) is 23.7. The number of barbiturate groups is 1. The summed E-state index contributed by atoms with van der Waals surface area (Å²) in [6, 6.07) is 12.3. The van der Waals surface area contributed by atoms with Crippen LogP contribution in [-0.2, 0) is 16.2 Å². The number of amides is 4. The van der Waals surface area contributed by atoms with Crippen molar-refractivity contribution in [2.45, 2.75) is 13.5 Å². The summed E-state index contributed by atoms with van der Waals surface area (Å²) in [5.41, 5.74) is 0.412. The molecule has 3 aromatic rings. The Morgan fingerprint density at radius 1 is 1.08 bits per heavy atom. The van der Waals surface area contributed by atoms with E-state index in [1.165, 1.54) is 24.3 Å². The molecule has 1 aliphatic heterocycles. The summed E-state index contributed by atoms with van der Waals surface area (Å²) in [6.45, 7) is 2.23. The number of hydrogen-bond acceptors (Lipinski definition) is 7. The average molecular weight is 682 g/mol. The lowest BCUT2D eigenvalue weighted by Crippen LogP contribution is -2.54. The van der Waals surface area contributed by atoms with Crippen LogP contribution < -0.4 is 19.7 Å². The van der Waals surface area contributed by atoms with Gasteiger partial charge in [0.15, 0.2) is 11.5 Å². The third kappa shape index (κ3) is 6.32. The van der Waals surface area contributed by atoms with Crippen molar-refractivity contribution in [2.24, 2.45) is 0 Å². The minimum atomic E-state index is -1.02. The van der Waals surface area contributed by atoms with Gasteiger partial charge in [-0.3, -0.25) is 25.0 Å². The number of carbonyl (C=O) groups excluding carboxylic acids is 3. The first-order valence-corrected chi connectivity index (χ1v) is 13.1. The fourth-order valence-electron chi connectivity index (χ4n) is 3.67. The van der Waals surface area contributed by atoms with Gasteiger partial charge in [0.1, 0.15) is 12.2 Å². The number of rotatable bonds is 8. The zero-order valence-electron chi connectivity index (χ0n) is 20.1. The van der Waals surface area contributed by atoms with E-state index in [-0.39, 0.29) is 23.6 Å². The van der Waals surface area contributed by atoms with E-state index in [0.29, 0.717) is 47.7 Å². The van der Waals surface area contributed by atoms with Crippen LogP contribution in [0.3, 0.4) is 0 Å². The predicted octanol–water partition coefficient (Wildman–Crippen LogP) is 6.15. The van der Waals surface area contributed by atoms with E-state index >= 15 is 0 Å². The van der Waals surface area contributed by atoms with Gasteiger partial charge in [0.2, 0.25) is 0 Å². The maximum absolute atomic E-state index is 13.2. The maximum atomic E-state index is 13.2. The van der Waals surface area contributed by atoms with Gasteiger partial charge in [0.25, 0.3) is 17.5 Å². The van der Waals surface area contributed by atoms with Gasteiger partial charge < -0.3 is 9.47 Å². The van der Waals surface area contributed by atoms with Crippen LogP contribution in [0.4, 0.5) is 16.2 Å². The van der Waals surface area contributed by atoms with Gasteiger partial charge in [-0.1, -0.05) is 35.3 Å². The molecule has 13 heteroatoms. The molecule has 0 unspecified atom stereocenters. The smallest absolute Gasteiger partial charge is 0.335 e. The van der Waals surface area contributed by atoms with Crippen molar-refractivity contribution < 1.29 is 28.8 Å². The van der Waals surface area contributed by atoms with Crippen LogP contribution in [-0.4, -0.2) is 29.4 Å². The number of urea groups is 1. The summed E-state index contributed by atoms with van der Waals surface area (Å²) in [7, 11) is 0. The number of nitrogens with zero attached hydrogens (tertiary/aromatic N) is 2. The highest BCUT2D eigenvalue weighted by Crippen LogP contribution is 2.36. The fraction of sp³-hybridized carbons (Fsp3) is 0.115. The lowest BCUT2D eigenvalue weighted by atomic mass is 10.1. The second-order valence-electron chi connectivity index (χ2n) is 8.02. The molecule has 0 atom stereocenters. The van der Waals surface area contributed by atoms with Crippen LogP contribution >= 0.6 is 45.8 Å². The van der Waals surface area contributed by atoms with Gasteiger partial charge in [-0.25, -0.2) is 9.69 Å². The molecule has 0 spiro atoms. The number of halogens is 3. The maximum Gasteiger partial charge on any atom is 0.335 e. The fourth-order valence-corrected chi connectivity index (χ4v) is 4.91. The second-order valence-corrected chi connectivity index (χ2v) is 10.0. The lowest BCUT2D eigenvalue weighted by Gasteiger charge is -2.26. The van der Waals surface area contributed by atoms with Crippen molar-refractivity contribution in [2.75, 3.05) is 11.5 Å². The Kier molecular flexibility index (Phi) is 8.73.